The number of hydrogen-bond acceptors (Lipinski definition) is 6. The number of β-amino-alcohol motifs (C(OH)–C–C–N with tert-alkyl or cyclic N) is 1. The summed E-state index contributed by atoms with van der Waals surface area (Å²) in [6.07, 6.45) is -4.16. The van der Waals surface area contributed by atoms with E-state index in [1.165, 1.54) is 6.07 Å². The van der Waals surface area contributed by atoms with Crippen LogP contribution in [0, 0.1) is 0 Å². The molecule has 0 aliphatic carbocycles. The second-order valence-corrected chi connectivity index (χ2v) is 6.83. The molecule has 1 aromatic heterocycles. The van der Waals surface area contributed by atoms with E-state index in [0.717, 1.165) is 18.0 Å². The van der Waals surface area contributed by atoms with Crippen LogP contribution < -0.4 is 14.4 Å². The van der Waals surface area contributed by atoms with Crippen molar-refractivity contribution in [2.75, 3.05) is 51.3 Å². The molecule has 0 spiro atoms. The average Bonchev–Trinajstić information content (AvgIpc) is 2.73. The Labute approximate surface area is 167 Å². The highest BCUT2D eigenvalue weighted by atomic mass is 19.4. The number of aliphatic hydroxyl groups is 1. The van der Waals surface area contributed by atoms with E-state index in [0.29, 0.717) is 44.3 Å². The third-order valence-corrected chi connectivity index (χ3v) is 4.74. The maximum absolute atomic E-state index is 12.6. The van der Waals surface area contributed by atoms with Crippen molar-refractivity contribution in [3.63, 3.8) is 0 Å². The first-order valence-electron chi connectivity index (χ1n) is 9.30. The molecular weight excluding hydrogens is 387 g/mol. The van der Waals surface area contributed by atoms with Crippen LogP contribution in [0.15, 0.2) is 42.6 Å². The highest BCUT2D eigenvalue weighted by molar-refractivity contribution is 5.40. The molecule has 6 nitrogen and oxygen atoms in total. The zero-order valence-corrected chi connectivity index (χ0v) is 16.1. The molecule has 3 rings (SSSR count). The molecule has 0 saturated carbocycles. The van der Waals surface area contributed by atoms with Gasteiger partial charge in [0.15, 0.2) is 0 Å². The molecule has 1 unspecified atom stereocenters. The van der Waals surface area contributed by atoms with E-state index in [1.807, 2.05) is 4.90 Å². The minimum Gasteiger partial charge on any atom is -0.497 e. The van der Waals surface area contributed by atoms with Crippen LogP contribution in [0.5, 0.6) is 11.5 Å². The van der Waals surface area contributed by atoms with Crippen LogP contribution in [0.25, 0.3) is 0 Å². The van der Waals surface area contributed by atoms with Crippen LogP contribution in [0.2, 0.25) is 0 Å². The molecule has 1 N–H and O–H groups in total. The van der Waals surface area contributed by atoms with Gasteiger partial charge in [-0.15, -0.1) is 0 Å². The lowest BCUT2D eigenvalue weighted by Crippen LogP contribution is -2.49. The van der Waals surface area contributed by atoms with E-state index in [4.69, 9.17) is 9.47 Å². The van der Waals surface area contributed by atoms with Crippen LogP contribution in [0.4, 0.5) is 19.0 Å². The third-order valence-electron chi connectivity index (χ3n) is 4.74. The van der Waals surface area contributed by atoms with Crippen molar-refractivity contribution in [1.82, 2.24) is 9.88 Å². The normalized spacial score (nSPS) is 16.5. The quantitative estimate of drug-likeness (QED) is 0.756. The molecule has 158 valence electrons. The molecule has 0 bridgehead atoms. The Balaban J connectivity index is 1.42. The number of pyridine rings is 1. The summed E-state index contributed by atoms with van der Waals surface area (Å²) in [5.74, 6) is 1.92. The minimum absolute atomic E-state index is 0.174. The van der Waals surface area contributed by atoms with Crippen molar-refractivity contribution in [2.24, 2.45) is 0 Å². The maximum Gasteiger partial charge on any atom is 0.417 e. The first kappa shape index (κ1) is 21.2. The van der Waals surface area contributed by atoms with Gasteiger partial charge in [0.05, 0.1) is 12.7 Å². The van der Waals surface area contributed by atoms with Gasteiger partial charge in [-0.2, -0.15) is 13.2 Å². The number of anilines is 1. The molecule has 1 fully saturated rings. The van der Waals surface area contributed by atoms with Crippen LogP contribution in [0.1, 0.15) is 5.56 Å². The fourth-order valence-electron chi connectivity index (χ4n) is 3.12. The monoisotopic (exact) mass is 411 g/mol. The number of hydrogen-bond donors (Lipinski definition) is 1. The predicted molar refractivity (Wildman–Crippen MR) is 102 cm³/mol. The van der Waals surface area contributed by atoms with Crippen molar-refractivity contribution in [3.05, 3.63) is 48.2 Å². The van der Waals surface area contributed by atoms with E-state index in [-0.39, 0.29) is 6.61 Å². The molecule has 1 saturated heterocycles. The average molecular weight is 411 g/mol. The summed E-state index contributed by atoms with van der Waals surface area (Å²) in [5, 5.41) is 10.2. The summed E-state index contributed by atoms with van der Waals surface area (Å²) in [6.45, 7) is 3.26. The number of aromatic nitrogens is 1. The largest absolute Gasteiger partial charge is 0.497 e. The molecule has 1 aliphatic rings. The smallest absolute Gasteiger partial charge is 0.417 e. The zero-order chi connectivity index (χ0) is 20.9. The zero-order valence-electron chi connectivity index (χ0n) is 16.1. The van der Waals surface area contributed by atoms with E-state index in [9.17, 15) is 18.3 Å². The van der Waals surface area contributed by atoms with Gasteiger partial charge >= 0.3 is 6.18 Å². The highest BCUT2D eigenvalue weighted by Gasteiger charge is 2.31. The van der Waals surface area contributed by atoms with E-state index in [2.05, 4.69) is 9.88 Å². The Hall–Kier alpha value is -2.52. The molecule has 1 atom stereocenters. The Morgan fingerprint density at radius 3 is 2.24 bits per heavy atom. The van der Waals surface area contributed by atoms with Crippen molar-refractivity contribution < 1.29 is 27.8 Å². The fraction of sp³-hybridized carbons (Fsp3) is 0.450. The van der Waals surface area contributed by atoms with Crippen molar-refractivity contribution in [2.45, 2.75) is 12.3 Å². The van der Waals surface area contributed by atoms with Crippen LogP contribution in [-0.4, -0.2) is 67.5 Å². The summed E-state index contributed by atoms with van der Waals surface area (Å²) in [6, 6.07) is 9.58. The summed E-state index contributed by atoms with van der Waals surface area (Å²) in [7, 11) is 1.59. The van der Waals surface area contributed by atoms with Gasteiger partial charge in [0, 0.05) is 38.9 Å². The van der Waals surface area contributed by atoms with Crippen molar-refractivity contribution >= 4 is 5.82 Å². The van der Waals surface area contributed by atoms with Gasteiger partial charge in [-0.25, -0.2) is 4.98 Å². The van der Waals surface area contributed by atoms with Crippen LogP contribution >= 0.6 is 0 Å². The van der Waals surface area contributed by atoms with Crippen molar-refractivity contribution in [3.8, 4) is 11.5 Å². The van der Waals surface area contributed by atoms with Gasteiger partial charge in [-0.3, -0.25) is 4.90 Å². The summed E-state index contributed by atoms with van der Waals surface area (Å²) < 4.78 is 48.6. The lowest BCUT2D eigenvalue weighted by molar-refractivity contribution is -0.137. The number of benzene rings is 1. The summed E-state index contributed by atoms with van der Waals surface area (Å²) in [4.78, 5) is 7.98. The second kappa shape index (κ2) is 9.32. The predicted octanol–water partition coefficient (Wildman–Crippen LogP) is 2.67. The Morgan fingerprint density at radius 1 is 1.03 bits per heavy atom. The summed E-state index contributed by atoms with van der Waals surface area (Å²) >= 11 is 0. The number of ether oxygens (including phenoxy) is 2. The van der Waals surface area contributed by atoms with E-state index in [1.54, 1.807) is 31.4 Å². The topological polar surface area (TPSA) is 58.1 Å². The number of alkyl halides is 3. The molecule has 29 heavy (non-hydrogen) atoms. The van der Waals surface area contributed by atoms with E-state index < -0.39 is 17.8 Å². The lowest BCUT2D eigenvalue weighted by atomic mass is 10.2. The number of nitrogens with zero attached hydrogens (tertiary/aromatic N) is 3. The van der Waals surface area contributed by atoms with Crippen LogP contribution in [0.3, 0.4) is 0 Å². The van der Waals surface area contributed by atoms with Gasteiger partial charge in [0.1, 0.15) is 30.0 Å². The van der Waals surface area contributed by atoms with Gasteiger partial charge in [0.2, 0.25) is 0 Å². The SMILES string of the molecule is COc1ccc(OCC(O)CN2CCN(c3ccc(C(F)(F)F)cn3)CC2)cc1. The lowest BCUT2D eigenvalue weighted by Gasteiger charge is -2.36. The summed E-state index contributed by atoms with van der Waals surface area (Å²) in [5.41, 5.74) is -0.750. The van der Waals surface area contributed by atoms with Gasteiger partial charge < -0.3 is 19.5 Å². The Kier molecular flexibility index (Phi) is 6.81. The maximum atomic E-state index is 12.6. The molecule has 9 heteroatoms. The molecule has 0 radical (unpaired) electrons. The molecular formula is C20H24F3N3O3. The third kappa shape index (κ3) is 5.98. The first-order valence-corrected chi connectivity index (χ1v) is 9.30. The highest BCUT2D eigenvalue weighted by Crippen LogP contribution is 2.29. The molecule has 2 heterocycles. The van der Waals surface area contributed by atoms with Gasteiger partial charge in [-0.05, 0) is 36.4 Å². The number of halogens is 3. The van der Waals surface area contributed by atoms with Crippen LogP contribution in [-0.2, 0) is 6.18 Å². The molecule has 1 aliphatic heterocycles. The first-order chi connectivity index (χ1) is 13.8. The Morgan fingerprint density at radius 2 is 1.69 bits per heavy atom. The number of piperazine rings is 1. The molecule has 2 aromatic rings. The minimum atomic E-state index is -4.38. The molecule has 1 aromatic carbocycles. The van der Waals surface area contributed by atoms with Gasteiger partial charge in [-0.1, -0.05) is 0 Å². The van der Waals surface area contributed by atoms with Gasteiger partial charge in [0.25, 0.3) is 0 Å². The number of aliphatic hydroxyl groups excluding tert-OH is 1. The number of rotatable bonds is 7. The standard InChI is InChI=1S/C20H24F3N3O3/c1-28-17-3-5-18(6-4-17)29-14-16(27)13-25-8-10-26(11-9-25)19-7-2-15(12-24-19)20(21,22)23/h2-7,12,16,27H,8-11,13-14H2,1H3. The fourth-order valence-corrected chi connectivity index (χ4v) is 3.12. The Bertz CT molecular complexity index is 761. The van der Waals surface area contributed by atoms with Crippen molar-refractivity contribution in [1.29, 1.82) is 0 Å². The molecule has 0 amide bonds. The second-order valence-electron chi connectivity index (χ2n) is 6.83. The number of methoxy groups -OCH3 is 1. The van der Waals surface area contributed by atoms with E-state index >= 15 is 0 Å².